The maximum absolute atomic E-state index is 12.0. The molecule has 0 fully saturated rings. The summed E-state index contributed by atoms with van der Waals surface area (Å²) in [6.07, 6.45) is 3.63. The molecule has 0 spiro atoms. The van der Waals surface area contributed by atoms with Crippen LogP contribution in [0.15, 0.2) is 18.3 Å². The van der Waals surface area contributed by atoms with Gasteiger partial charge in [0.15, 0.2) is 0 Å². The largest absolute Gasteiger partial charge is 0.330 e. The van der Waals surface area contributed by atoms with Crippen LogP contribution in [-0.4, -0.2) is 17.3 Å². The van der Waals surface area contributed by atoms with Crippen LogP contribution < -0.4 is 5.73 Å². The van der Waals surface area contributed by atoms with Crippen molar-refractivity contribution in [3.63, 3.8) is 0 Å². The smallest absolute Gasteiger partial charge is 0.145 e. The summed E-state index contributed by atoms with van der Waals surface area (Å²) in [5.74, 6) is 0.178. The minimum Gasteiger partial charge on any atom is -0.330 e. The van der Waals surface area contributed by atoms with E-state index in [0.717, 1.165) is 18.5 Å². The molecule has 1 heterocycles. The summed E-state index contributed by atoms with van der Waals surface area (Å²) in [6.45, 7) is 2.32. The van der Waals surface area contributed by atoms with E-state index in [1.807, 2.05) is 13.0 Å². The van der Waals surface area contributed by atoms with Crippen molar-refractivity contribution in [2.45, 2.75) is 25.7 Å². The van der Waals surface area contributed by atoms with Gasteiger partial charge < -0.3 is 5.73 Å². The van der Waals surface area contributed by atoms with Crippen LogP contribution in [0.1, 0.15) is 30.5 Å². The highest BCUT2D eigenvalue weighted by atomic mass is 16.1. The first kappa shape index (κ1) is 10.3. The summed E-state index contributed by atoms with van der Waals surface area (Å²) in [6, 6.07) is 3.99. The summed E-state index contributed by atoms with van der Waals surface area (Å²) in [7, 11) is 0. The van der Waals surface area contributed by atoms with E-state index in [2.05, 4.69) is 11.1 Å². The lowest BCUT2D eigenvalue weighted by Gasteiger charge is -2.13. The second kappa shape index (κ2) is 4.11. The van der Waals surface area contributed by atoms with Gasteiger partial charge in [-0.15, -0.1) is 0 Å². The molecule has 2 N–H and O–H groups in total. The Bertz CT molecular complexity index is 376. The van der Waals surface area contributed by atoms with Crippen LogP contribution in [0.25, 0.3) is 0 Å². The fourth-order valence-electron chi connectivity index (χ4n) is 2.15. The Morgan fingerprint density at radius 1 is 1.73 bits per heavy atom. The van der Waals surface area contributed by atoms with E-state index in [4.69, 9.17) is 5.73 Å². The highest BCUT2D eigenvalue weighted by Crippen LogP contribution is 2.33. The molecular formula is C12H16N2O. The molecule has 1 aliphatic carbocycles. The van der Waals surface area contributed by atoms with E-state index in [1.165, 1.54) is 5.56 Å². The molecule has 2 atom stereocenters. The Labute approximate surface area is 89.7 Å². The number of nitrogens with two attached hydrogens (primary N) is 1. The number of pyridine rings is 1. The second-order valence-corrected chi connectivity index (χ2v) is 4.18. The van der Waals surface area contributed by atoms with Crippen LogP contribution >= 0.6 is 0 Å². The third-order valence-corrected chi connectivity index (χ3v) is 3.14. The number of carbonyl (C=O) groups excluding carboxylic acids is 1. The van der Waals surface area contributed by atoms with Crippen molar-refractivity contribution >= 4 is 5.78 Å². The average Bonchev–Trinajstić information content (AvgIpc) is 2.70. The summed E-state index contributed by atoms with van der Waals surface area (Å²) < 4.78 is 0. The van der Waals surface area contributed by atoms with Crippen molar-refractivity contribution < 1.29 is 4.79 Å². The summed E-state index contributed by atoms with van der Waals surface area (Å²) in [5.41, 5.74) is 7.72. The first-order valence-electron chi connectivity index (χ1n) is 5.41. The molecule has 3 heteroatoms. The third-order valence-electron chi connectivity index (χ3n) is 3.14. The minimum atomic E-state index is -0.0528. The highest BCUT2D eigenvalue weighted by Gasteiger charge is 2.31. The molecular weight excluding hydrogens is 188 g/mol. The molecule has 15 heavy (non-hydrogen) atoms. The number of fused-ring (bicyclic) bond motifs is 1. The quantitative estimate of drug-likeness (QED) is 0.806. The number of nitrogens with zero attached hydrogens (tertiary/aromatic N) is 1. The molecule has 0 saturated heterocycles. The maximum Gasteiger partial charge on any atom is 0.145 e. The van der Waals surface area contributed by atoms with E-state index in [0.29, 0.717) is 6.54 Å². The Balaban J connectivity index is 2.24. The van der Waals surface area contributed by atoms with Gasteiger partial charge in [-0.2, -0.15) is 0 Å². The minimum absolute atomic E-state index is 0.0141. The van der Waals surface area contributed by atoms with Gasteiger partial charge in [-0.3, -0.25) is 9.78 Å². The lowest BCUT2D eigenvalue weighted by atomic mass is 9.92. The van der Waals surface area contributed by atoms with Crippen LogP contribution in [0.3, 0.4) is 0 Å². The van der Waals surface area contributed by atoms with E-state index >= 15 is 0 Å². The normalized spacial score (nSPS) is 21.1. The lowest BCUT2D eigenvalue weighted by Crippen LogP contribution is -2.25. The number of rotatable bonds is 3. The second-order valence-electron chi connectivity index (χ2n) is 4.18. The summed E-state index contributed by atoms with van der Waals surface area (Å²) >= 11 is 0. The predicted molar refractivity (Wildman–Crippen MR) is 58.5 cm³/mol. The molecule has 0 amide bonds. The average molecular weight is 204 g/mol. The van der Waals surface area contributed by atoms with Gasteiger partial charge in [0.2, 0.25) is 0 Å². The van der Waals surface area contributed by atoms with Crippen molar-refractivity contribution in [3.05, 3.63) is 29.6 Å². The molecule has 0 saturated carbocycles. The Kier molecular flexibility index (Phi) is 2.82. The standard InChI is InChI=1S/C12H16N2O/c1-8(7-13)12(15)10-5-4-9-3-2-6-14-11(9)10/h2-3,6,8,10H,4-5,7,13H2,1H3. The van der Waals surface area contributed by atoms with Crippen molar-refractivity contribution in [1.82, 2.24) is 4.98 Å². The Morgan fingerprint density at radius 3 is 3.27 bits per heavy atom. The molecule has 2 rings (SSSR count). The van der Waals surface area contributed by atoms with Gasteiger partial charge in [-0.25, -0.2) is 0 Å². The molecule has 0 bridgehead atoms. The maximum atomic E-state index is 12.0. The number of ketones is 1. The van der Waals surface area contributed by atoms with Crippen molar-refractivity contribution in [3.8, 4) is 0 Å². The predicted octanol–water partition coefficient (Wildman–Crippen LogP) is 1.28. The third kappa shape index (κ3) is 1.79. The zero-order valence-electron chi connectivity index (χ0n) is 8.94. The van der Waals surface area contributed by atoms with Crippen LogP contribution in [0.2, 0.25) is 0 Å². The topological polar surface area (TPSA) is 56.0 Å². The first-order valence-corrected chi connectivity index (χ1v) is 5.41. The number of hydrogen-bond acceptors (Lipinski definition) is 3. The molecule has 1 aromatic heterocycles. The van der Waals surface area contributed by atoms with Gasteiger partial charge in [0.05, 0.1) is 11.6 Å². The fourth-order valence-corrected chi connectivity index (χ4v) is 2.15. The van der Waals surface area contributed by atoms with Gasteiger partial charge in [0.25, 0.3) is 0 Å². The van der Waals surface area contributed by atoms with Gasteiger partial charge in [0, 0.05) is 18.7 Å². The zero-order valence-corrected chi connectivity index (χ0v) is 8.94. The number of carbonyl (C=O) groups is 1. The lowest BCUT2D eigenvalue weighted by molar-refractivity contribution is -0.123. The SMILES string of the molecule is CC(CN)C(=O)C1CCc2cccnc21. The number of Topliss-reactive ketones (excluding diaryl/α,β-unsaturated/α-hetero) is 1. The van der Waals surface area contributed by atoms with Gasteiger partial charge in [0.1, 0.15) is 5.78 Å². The number of aromatic nitrogens is 1. The zero-order chi connectivity index (χ0) is 10.8. The molecule has 1 aliphatic rings. The monoisotopic (exact) mass is 204 g/mol. The van der Waals surface area contributed by atoms with Crippen LogP contribution in [0.5, 0.6) is 0 Å². The van der Waals surface area contributed by atoms with E-state index in [1.54, 1.807) is 6.20 Å². The van der Waals surface area contributed by atoms with Gasteiger partial charge in [-0.05, 0) is 24.5 Å². The van der Waals surface area contributed by atoms with Crippen LogP contribution in [0.4, 0.5) is 0 Å². The van der Waals surface area contributed by atoms with E-state index in [-0.39, 0.29) is 17.6 Å². The molecule has 0 radical (unpaired) electrons. The van der Waals surface area contributed by atoms with Gasteiger partial charge >= 0.3 is 0 Å². The van der Waals surface area contributed by atoms with Crippen LogP contribution in [0, 0.1) is 5.92 Å². The molecule has 3 nitrogen and oxygen atoms in total. The van der Waals surface area contributed by atoms with E-state index in [9.17, 15) is 4.79 Å². The van der Waals surface area contributed by atoms with Crippen LogP contribution in [-0.2, 0) is 11.2 Å². The van der Waals surface area contributed by atoms with Crippen molar-refractivity contribution in [2.24, 2.45) is 11.7 Å². The first-order chi connectivity index (χ1) is 7.24. The number of hydrogen-bond donors (Lipinski definition) is 1. The molecule has 1 aromatic rings. The summed E-state index contributed by atoms with van der Waals surface area (Å²) in [5, 5.41) is 0. The Morgan fingerprint density at radius 2 is 2.53 bits per heavy atom. The molecule has 80 valence electrons. The summed E-state index contributed by atoms with van der Waals surface area (Å²) in [4.78, 5) is 16.3. The van der Waals surface area contributed by atoms with Crippen molar-refractivity contribution in [1.29, 1.82) is 0 Å². The number of aryl methyl sites for hydroxylation is 1. The molecule has 0 aliphatic heterocycles. The fraction of sp³-hybridized carbons (Fsp3) is 0.500. The van der Waals surface area contributed by atoms with Gasteiger partial charge in [-0.1, -0.05) is 13.0 Å². The Hall–Kier alpha value is -1.22. The van der Waals surface area contributed by atoms with E-state index < -0.39 is 0 Å². The molecule has 0 aromatic carbocycles. The van der Waals surface area contributed by atoms with Crippen molar-refractivity contribution in [2.75, 3.05) is 6.54 Å². The molecule has 2 unspecified atom stereocenters. The highest BCUT2D eigenvalue weighted by molar-refractivity contribution is 5.88.